The van der Waals surface area contributed by atoms with E-state index in [-0.39, 0.29) is 44.1 Å². The lowest BCUT2D eigenvalue weighted by molar-refractivity contribution is 0.482. The SMILES string of the molecule is C=S(=O)(O)c1ccc(S(=O)(=O)O)c(-n2ncc(C#N)c2N=Nc2c(C(C)(C)C)nn3c2Nc2ccccc2S3(=O)=O)c1. The van der Waals surface area contributed by atoms with Crippen molar-refractivity contribution in [3.63, 3.8) is 0 Å². The summed E-state index contributed by atoms with van der Waals surface area (Å²) in [6.07, 6.45) is 1.05. The Bertz CT molecular complexity index is 2190. The van der Waals surface area contributed by atoms with Gasteiger partial charge in [0.25, 0.3) is 20.1 Å². The third-order valence-corrected chi connectivity index (χ3v) is 9.62. The molecule has 0 bridgehead atoms. The minimum Gasteiger partial charge on any atom is -0.336 e. The quantitative estimate of drug-likeness (QED) is 0.144. The molecule has 3 N–H and O–H groups in total. The fourth-order valence-corrected chi connectivity index (χ4v) is 6.78. The van der Waals surface area contributed by atoms with Crippen LogP contribution in [0.5, 0.6) is 0 Å². The van der Waals surface area contributed by atoms with Crippen LogP contribution in [0.1, 0.15) is 32.0 Å². The Morgan fingerprint density at radius 1 is 1.10 bits per heavy atom. The average molecular weight is 631 g/mol. The predicted octanol–water partition coefficient (Wildman–Crippen LogP) is 3.74. The number of para-hydroxylation sites is 1. The van der Waals surface area contributed by atoms with Crippen molar-refractivity contribution in [3.8, 4) is 11.8 Å². The molecule has 1 unspecified atom stereocenters. The molecule has 4 aromatic rings. The van der Waals surface area contributed by atoms with Crippen molar-refractivity contribution in [2.24, 2.45) is 10.2 Å². The number of azo groups is 1. The molecule has 1 aliphatic heterocycles. The van der Waals surface area contributed by atoms with Crippen molar-refractivity contribution in [1.29, 1.82) is 5.26 Å². The van der Waals surface area contributed by atoms with Gasteiger partial charge in [0.05, 0.1) is 28.2 Å². The van der Waals surface area contributed by atoms with Crippen LogP contribution in [0.3, 0.4) is 0 Å². The Morgan fingerprint density at radius 3 is 2.40 bits per heavy atom. The van der Waals surface area contributed by atoms with Crippen LogP contribution in [0.15, 0.2) is 73.6 Å². The van der Waals surface area contributed by atoms with Gasteiger partial charge in [-0.1, -0.05) is 32.9 Å². The number of hydrogen-bond acceptors (Lipinski definition) is 11. The molecule has 42 heavy (non-hydrogen) atoms. The highest BCUT2D eigenvalue weighted by Gasteiger charge is 2.37. The first-order chi connectivity index (χ1) is 19.4. The van der Waals surface area contributed by atoms with Crippen molar-refractivity contribution in [2.75, 3.05) is 5.32 Å². The van der Waals surface area contributed by atoms with Crippen LogP contribution in [-0.2, 0) is 35.4 Å². The number of hydrogen-bond donors (Lipinski definition) is 3. The molecule has 0 amide bonds. The first kappa shape index (κ1) is 29.1. The molecule has 1 atom stereocenters. The fraction of sp³-hybridized carbons (Fsp3) is 0.167. The van der Waals surface area contributed by atoms with Gasteiger partial charge in [-0.25, -0.2) is 8.89 Å². The first-order valence-electron chi connectivity index (χ1n) is 11.8. The van der Waals surface area contributed by atoms with Gasteiger partial charge < -0.3 is 9.87 Å². The maximum atomic E-state index is 13.4. The van der Waals surface area contributed by atoms with Gasteiger partial charge in [0, 0.05) is 5.41 Å². The monoisotopic (exact) mass is 630 g/mol. The summed E-state index contributed by atoms with van der Waals surface area (Å²) in [4.78, 5) is -1.01. The molecule has 5 rings (SSSR count). The van der Waals surface area contributed by atoms with Crippen LogP contribution in [0.25, 0.3) is 5.69 Å². The van der Waals surface area contributed by atoms with Gasteiger partial charge in [-0.05, 0) is 36.2 Å². The molecule has 0 saturated carbocycles. The maximum Gasteiger partial charge on any atom is 0.296 e. The van der Waals surface area contributed by atoms with Crippen LogP contribution in [0.4, 0.5) is 23.0 Å². The molecule has 0 saturated heterocycles. The zero-order chi connectivity index (χ0) is 30.8. The second kappa shape index (κ2) is 9.57. The van der Waals surface area contributed by atoms with Crippen molar-refractivity contribution in [3.05, 3.63) is 59.9 Å². The topological polar surface area (TPSA) is 222 Å². The summed E-state index contributed by atoms with van der Waals surface area (Å²) in [7, 11) is -12.9. The van der Waals surface area contributed by atoms with Crippen LogP contribution in [0, 0.1) is 11.3 Å². The normalized spacial score (nSPS) is 15.8. The van der Waals surface area contributed by atoms with Gasteiger partial charge in [-0.3, -0.25) is 4.55 Å². The summed E-state index contributed by atoms with van der Waals surface area (Å²) in [6.45, 7) is 5.33. The van der Waals surface area contributed by atoms with E-state index in [2.05, 4.69) is 31.6 Å². The minimum atomic E-state index is -4.90. The fourth-order valence-electron chi connectivity index (χ4n) is 4.16. The summed E-state index contributed by atoms with van der Waals surface area (Å²) >= 11 is 0. The second-order valence-electron chi connectivity index (χ2n) is 10.1. The van der Waals surface area contributed by atoms with Crippen molar-refractivity contribution in [2.45, 2.75) is 40.9 Å². The number of anilines is 2. The molecular formula is C24H22N8O7S3. The molecule has 2 aromatic carbocycles. The molecule has 1 aliphatic rings. The third kappa shape index (κ3) is 4.86. The molecule has 0 fully saturated rings. The van der Waals surface area contributed by atoms with E-state index in [1.165, 1.54) is 6.07 Å². The highest BCUT2D eigenvalue weighted by molar-refractivity contribution is 7.95. The highest BCUT2D eigenvalue weighted by atomic mass is 32.2. The molecule has 2 aromatic heterocycles. The molecule has 0 radical (unpaired) electrons. The average Bonchev–Trinajstić information content (AvgIpc) is 3.47. The Labute approximate surface area is 240 Å². The Morgan fingerprint density at radius 2 is 1.79 bits per heavy atom. The molecule has 218 valence electrons. The number of benzene rings is 2. The lowest BCUT2D eigenvalue weighted by atomic mass is 9.91. The molecule has 0 spiro atoms. The Kier molecular flexibility index (Phi) is 6.63. The first-order valence-corrected chi connectivity index (χ1v) is 16.4. The van der Waals surface area contributed by atoms with Crippen molar-refractivity contribution >= 4 is 58.8 Å². The zero-order valence-corrected chi connectivity index (χ0v) is 24.6. The summed E-state index contributed by atoms with van der Waals surface area (Å²) in [6, 6.07) is 10.9. The Balaban J connectivity index is 1.76. The molecule has 15 nitrogen and oxygen atoms in total. The van der Waals surface area contributed by atoms with E-state index < -0.39 is 45.9 Å². The Hall–Kier alpha value is -4.41. The molecule has 3 heterocycles. The van der Waals surface area contributed by atoms with E-state index in [4.69, 9.17) is 0 Å². The van der Waals surface area contributed by atoms with Crippen LogP contribution < -0.4 is 5.32 Å². The summed E-state index contributed by atoms with van der Waals surface area (Å²) in [5.74, 6) is 2.81. The van der Waals surface area contributed by atoms with E-state index >= 15 is 0 Å². The highest BCUT2D eigenvalue weighted by Crippen LogP contribution is 2.44. The van der Waals surface area contributed by atoms with Gasteiger partial charge in [0.1, 0.15) is 31.2 Å². The van der Waals surface area contributed by atoms with E-state index in [1.54, 1.807) is 39.0 Å². The standard InChI is InChI=1S/C24H22N8O7S3/c1-24(2,3)21-20(23-27-16-7-5-6-8-18(16)41(35,36)32(23)30-21)28-29-22-14(12-25)13-26-31(22)17-11-15(40(4,33)34)9-10-19(17)42(37,38)39/h5-11,13,27H,4H2,1-3H3,(H,33,34)(H,37,38,39). The minimum absolute atomic E-state index is 0.00251. The van der Waals surface area contributed by atoms with Crippen LogP contribution in [-0.4, -0.2) is 55.0 Å². The number of aromatic nitrogens is 4. The van der Waals surface area contributed by atoms with E-state index in [0.29, 0.717) is 0 Å². The van der Waals surface area contributed by atoms with E-state index in [0.717, 1.165) is 33.2 Å². The van der Waals surface area contributed by atoms with Crippen molar-refractivity contribution < 1.29 is 30.1 Å². The van der Waals surface area contributed by atoms with E-state index in [9.17, 15) is 35.4 Å². The number of nitriles is 1. The molecule has 18 heteroatoms. The van der Waals surface area contributed by atoms with E-state index in [1.807, 2.05) is 6.07 Å². The smallest absolute Gasteiger partial charge is 0.296 e. The van der Waals surface area contributed by atoms with Gasteiger partial charge in [0.2, 0.25) is 0 Å². The number of nitrogens with zero attached hydrogens (tertiary/aromatic N) is 7. The number of rotatable bonds is 5. The third-order valence-electron chi connectivity index (χ3n) is 6.10. The zero-order valence-electron chi connectivity index (χ0n) is 22.1. The number of nitrogens with one attached hydrogen (secondary N) is 1. The predicted molar refractivity (Wildman–Crippen MR) is 152 cm³/mol. The molecule has 0 aliphatic carbocycles. The molecular weight excluding hydrogens is 609 g/mol. The van der Waals surface area contributed by atoms with Gasteiger partial charge in [-0.2, -0.15) is 32.3 Å². The largest absolute Gasteiger partial charge is 0.336 e. The van der Waals surface area contributed by atoms with Crippen LogP contribution in [0.2, 0.25) is 0 Å². The van der Waals surface area contributed by atoms with Gasteiger partial charge in [0.15, 0.2) is 17.3 Å². The number of fused-ring (bicyclic) bond motifs is 2. The van der Waals surface area contributed by atoms with Crippen LogP contribution >= 0.6 is 0 Å². The maximum absolute atomic E-state index is 13.4. The lowest BCUT2D eigenvalue weighted by Crippen LogP contribution is -2.23. The second-order valence-corrected chi connectivity index (χ2v) is 15.0. The van der Waals surface area contributed by atoms with Crippen molar-refractivity contribution in [1.82, 2.24) is 19.0 Å². The summed E-state index contributed by atoms with van der Waals surface area (Å²) in [5.41, 5.74) is -0.834. The summed E-state index contributed by atoms with van der Waals surface area (Å²) in [5, 5.41) is 29.5. The summed E-state index contributed by atoms with van der Waals surface area (Å²) < 4.78 is 84.8. The van der Waals surface area contributed by atoms with Gasteiger partial charge in [-0.15, -0.1) is 14.3 Å². The van der Waals surface area contributed by atoms with Gasteiger partial charge >= 0.3 is 0 Å². The lowest BCUT2D eigenvalue weighted by Gasteiger charge is -2.19.